The number of benzene rings is 1. The van der Waals surface area contributed by atoms with Gasteiger partial charge in [-0.2, -0.15) is 11.3 Å². The van der Waals surface area contributed by atoms with E-state index in [0.717, 1.165) is 11.3 Å². The van der Waals surface area contributed by atoms with E-state index < -0.39 is 5.60 Å². The number of nitrogens with one attached hydrogen (secondary N) is 2. The molecule has 0 bridgehead atoms. The van der Waals surface area contributed by atoms with Gasteiger partial charge in [-0.1, -0.05) is 18.2 Å². The molecule has 3 N–H and O–H groups in total. The van der Waals surface area contributed by atoms with Crippen LogP contribution >= 0.6 is 11.3 Å². The van der Waals surface area contributed by atoms with Crippen molar-refractivity contribution in [3.05, 3.63) is 52.7 Å². The zero-order valence-corrected chi connectivity index (χ0v) is 13.2. The van der Waals surface area contributed by atoms with Crippen LogP contribution in [0.5, 0.6) is 5.75 Å². The minimum atomic E-state index is -1.07. The van der Waals surface area contributed by atoms with Crippen LogP contribution in [0.3, 0.4) is 0 Å². The summed E-state index contributed by atoms with van der Waals surface area (Å²) in [5.74, 6) is 0.769. The van der Waals surface area contributed by atoms with Gasteiger partial charge in [0.2, 0.25) is 0 Å². The van der Waals surface area contributed by atoms with Crippen LogP contribution in [0, 0.1) is 0 Å². The zero-order valence-electron chi connectivity index (χ0n) is 12.4. The van der Waals surface area contributed by atoms with Gasteiger partial charge in [-0.3, -0.25) is 0 Å². The number of para-hydroxylation sites is 1. The van der Waals surface area contributed by atoms with E-state index in [-0.39, 0.29) is 12.6 Å². The van der Waals surface area contributed by atoms with Crippen LogP contribution in [0.1, 0.15) is 12.5 Å². The number of ether oxygens (including phenoxy) is 1. The van der Waals surface area contributed by atoms with E-state index in [1.807, 2.05) is 47.2 Å². The summed E-state index contributed by atoms with van der Waals surface area (Å²) in [5, 5.41) is 19.4. The van der Waals surface area contributed by atoms with Crippen molar-refractivity contribution in [3.8, 4) is 5.75 Å². The lowest BCUT2D eigenvalue weighted by Gasteiger charge is -2.22. The van der Waals surface area contributed by atoms with Gasteiger partial charge in [-0.25, -0.2) is 4.79 Å². The fourth-order valence-corrected chi connectivity index (χ4v) is 2.62. The van der Waals surface area contributed by atoms with E-state index >= 15 is 0 Å². The van der Waals surface area contributed by atoms with Crippen molar-refractivity contribution in [3.63, 3.8) is 0 Å². The van der Waals surface area contributed by atoms with Crippen LogP contribution in [0.15, 0.2) is 47.2 Å². The van der Waals surface area contributed by atoms with Gasteiger partial charge in [0, 0.05) is 0 Å². The van der Waals surface area contributed by atoms with Gasteiger partial charge in [0.1, 0.15) is 18.0 Å². The van der Waals surface area contributed by atoms with E-state index in [4.69, 9.17) is 4.74 Å². The topological polar surface area (TPSA) is 70.6 Å². The smallest absolute Gasteiger partial charge is 0.315 e. The minimum absolute atomic E-state index is 0.148. The standard InChI is InChI=1S/C16H20N2O3S/c1-16(20,13-7-10-22-11-13)12-18-15(19)17-8-9-21-14-5-3-2-4-6-14/h2-7,10-11,20H,8-9,12H2,1H3,(H2,17,18,19)/t16-/m0/s1. The predicted molar refractivity (Wildman–Crippen MR) is 87.2 cm³/mol. The SMILES string of the molecule is C[C@](O)(CNC(=O)NCCOc1ccccc1)c1ccsc1. The molecule has 1 heterocycles. The third-order valence-corrected chi connectivity index (χ3v) is 3.82. The number of thiophene rings is 1. The fraction of sp³-hybridized carbons (Fsp3) is 0.312. The fourth-order valence-electron chi connectivity index (χ4n) is 1.84. The van der Waals surface area contributed by atoms with Crippen LogP contribution in [-0.4, -0.2) is 30.8 Å². The van der Waals surface area contributed by atoms with E-state index in [1.165, 1.54) is 11.3 Å². The molecule has 118 valence electrons. The first kappa shape index (κ1) is 16.3. The first-order chi connectivity index (χ1) is 10.6. The first-order valence-corrected chi connectivity index (χ1v) is 7.97. The van der Waals surface area contributed by atoms with Gasteiger partial charge in [-0.05, 0) is 41.4 Å². The molecule has 0 aliphatic rings. The molecule has 1 aromatic heterocycles. The van der Waals surface area contributed by atoms with Crippen LogP contribution in [-0.2, 0) is 5.60 Å². The van der Waals surface area contributed by atoms with Crippen LogP contribution in [0.25, 0.3) is 0 Å². The molecule has 0 unspecified atom stereocenters. The molecular formula is C16H20N2O3S. The molecule has 0 saturated heterocycles. The van der Waals surface area contributed by atoms with Crippen molar-refractivity contribution in [2.24, 2.45) is 0 Å². The van der Waals surface area contributed by atoms with E-state index in [1.54, 1.807) is 6.92 Å². The third-order valence-electron chi connectivity index (χ3n) is 3.14. The number of carbonyl (C=O) groups is 1. The Balaban J connectivity index is 1.64. The highest BCUT2D eigenvalue weighted by molar-refractivity contribution is 7.08. The Kier molecular flexibility index (Phi) is 5.80. The summed E-state index contributed by atoms with van der Waals surface area (Å²) in [6, 6.07) is 10.9. The third kappa shape index (κ3) is 5.05. The summed E-state index contributed by atoms with van der Waals surface area (Å²) < 4.78 is 5.47. The van der Waals surface area contributed by atoms with Gasteiger partial charge < -0.3 is 20.5 Å². The van der Waals surface area contributed by atoms with E-state index in [0.29, 0.717) is 13.2 Å². The molecule has 2 aromatic rings. The van der Waals surface area contributed by atoms with Crippen molar-refractivity contribution in [2.45, 2.75) is 12.5 Å². The Labute approximate surface area is 133 Å². The van der Waals surface area contributed by atoms with Crippen molar-refractivity contribution >= 4 is 17.4 Å². The summed E-state index contributed by atoms with van der Waals surface area (Å²) >= 11 is 1.51. The summed E-state index contributed by atoms with van der Waals surface area (Å²) in [6.07, 6.45) is 0. The second kappa shape index (κ2) is 7.82. The Morgan fingerprint density at radius 3 is 2.73 bits per heavy atom. The summed E-state index contributed by atoms with van der Waals surface area (Å²) in [7, 11) is 0. The molecular weight excluding hydrogens is 300 g/mol. The van der Waals surface area contributed by atoms with Crippen LogP contribution in [0.4, 0.5) is 4.79 Å². The van der Waals surface area contributed by atoms with E-state index in [9.17, 15) is 9.90 Å². The van der Waals surface area contributed by atoms with Crippen LogP contribution < -0.4 is 15.4 Å². The summed E-state index contributed by atoms with van der Waals surface area (Å²) in [4.78, 5) is 11.7. The second-order valence-electron chi connectivity index (χ2n) is 5.06. The second-order valence-corrected chi connectivity index (χ2v) is 5.84. The van der Waals surface area contributed by atoms with E-state index in [2.05, 4.69) is 10.6 Å². The molecule has 0 spiro atoms. The minimum Gasteiger partial charge on any atom is -0.492 e. The molecule has 0 saturated carbocycles. The molecule has 2 amide bonds. The average molecular weight is 320 g/mol. The van der Waals surface area contributed by atoms with Gasteiger partial charge in [0.15, 0.2) is 0 Å². The molecule has 5 nitrogen and oxygen atoms in total. The van der Waals surface area contributed by atoms with Crippen molar-refractivity contribution in [2.75, 3.05) is 19.7 Å². The normalized spacial score (nSPS) is 13.2. The number of hydrogen-bond donors (Lipinski definition) is 3. The summed E-state index contributed by atoms with van der Waals surface area (Å²) in [5.41, 5.74) is -0.275. The highest BCUT2D eigenvalue weighted by Gasteiger charge is 2.23. The molecule has 0 aliphatic heterocycles. The maximum absolute atomic E-state index is 11.7. The number of rotatable bonds is 7. The van der Waals surface area contributed by atoms with Gasteiger partial charge >= 0.3 is 6.03 Å². The zero-order chi connectivity index (χ0) is 15.8. The van der Waals surface area contributed by atoms with Crippen molar-refractivity contribution in [1.29, 1.82) is 0 Å². The lowest BCUT2D eigenvalue weighted by atomic mass is 9.99. The maximum atomic E-state index is 11.7. The Morgan fingerprint density at radius 2 is 2.05 bits per heavy atom. The van der Waals surface area contributed by atoms with Gasteiger partial charge in [0.05, 0.1) is 13.1 Å². The van der Waals surface area contributed by atoms with Gasteiger partial charge in [0.25, 0.3) is 0 Å². The molecule has 2 rings (SSSR count). The van der Waals surface area contributed by atoms with Crippen LogP contribution in [0.2, 0.25) is 0 Å². The van der Waals surface area contributed by atoms with Crippen molar-refractivity contribution in [1.82, 2.24) is 10.6 Å². The number of hydrogen-bond acceptors (Lipinski definition) is 4. The number of amides is 2. The van der Waals surface area contributed by atoms with Crippen molar-refractivity contribution < 1.29 is 14.6 Å². The Bertz CT molecular complexity index is 570. The lowest BCUT2D eigenvalue weighted by molar-refractivity contribution is 0.0598. The summed E-state index contributed by atoms with van der Waals surface area (Å²) in [6.45, 7) is 2.60. The molecule has 1 atom stereocenters. The predicted octanol–water partition coefficient (Wildman–Crippen LogP) is 2.33. The number of carbonyl (C=O) groups excluding carboxylic acids is 1. The molecule has 1 aromatic carbocycles. The highest BCUT2D eigenvalue weighted by atomic mass is 32.1. The first-order valence-electron chi connectivity index (χ1n) is 7.02. The monoisotopic (exact) mass is 320 g/mol. The number of urea groups is 1. The quantitative estimate of drug-likeness (QED) is 0.686. The average Bonchev–Trinajstić information content (AvgIpc) is 3.06. The number of aliphatic hydroxyl groups is 1. The largest absolute Gasteiger partial charge is 0.492 e. The molecule has 0 fully saturated rings. The Hall–Kier alpha value is -2.05. The van der Waals surface area contributed by atoms with Gasteiger partial charge in [-0.15, -0.1) is 0 Å². The molecule has 6 heteroatoms. The lowest BCUT2D eigenvalue weighted by Crippen LogP contribution is -2.44. The molecule has 22 heavy (non-hydrogen) atoms. The Morgan fingerprint density at radius 1 is 1.27 bits per heavy atom. The molecule has 0 radical (unpaired) electrons. The highest BCUT2D eigenvalue weighted by Crippen LogP contribution is 2.21. The maximum Gasteiger partial charge on any atom is 0.315 e. The molecule has 0 aliphatic carbocycles.